The van der Waals surface area contributed by atoms with Crippen molar-refractivity contribution in [3.05, 3.63) is 30.0 Å². The van der Waals surface area contributed by atoms with Crippen LogP contribution in [0.5, 0.6) is 0 Å². The highest BCUT2D eigenvalue weighted by molar-refractivity contribution is 7.93. The van der Waals surface area contributed by atoms with E-state index in [2.05, 4.69) is 41.4 Å². The van der Waals surface area contributed by atoms with Crippen LogP contribution >= 0.6 is 11.3 Å². The Kier molecular flexibility index (Phi) is 7.30. The molecule has 1 aromatic carbocycles. The molecule has 2 heterocycles. The number of halogens is 3. The van der Waals surface area contributed by atoms with Crippen LogP contribution in [-0.4, -0.2) is 72.7 Å². The predicted octanol–water partition coefficient (Wildman–Crippen LogP) is 5.07. The van der Waals surface area contributed by atoms with Gasteiger partial charge in [-0.05, 0) is 59.6 Å². The van der Waals surface area contributed by atoms with E-state index in [1.54, 1.807) is 13.8 Å². The lowest BCUT2D eigenvalue weighted by molar-refractivity contribution is -0.115. The Bertz CT molecular complexity index is 1380. The molecule has 13 heteroatoms. The summed E-state index contributed by atoms with van der Waals surface area (Å²) < 4.78 is 46.3. The van der Waals surface area contributed by atoms with E-state index in [9.17, 15) is 23.4 Å². The van der Waals surface area contributed by atoms with E-state index in [-0.39, 0.29) is 10.7 Å². The molecule has 0 saturated heterocycles. The second kappa shape index (κ2) is 9.97. The lowest BCUT2D eigenvalue weighted by atomic mass is 9.88. The van der Waals surface area contributed by atoms with E-state index in [0.717, 1.165) is 10.2 Å². The van der Waals surface area contributed by atoms with Gasteiger partial charge in [0, 0.05) is 5.41 Å². The number of aliphatic hydroxyl groups is 2. The van der Waals surface area contributed by atoms with E-state index >= 15 is 0 Å². The molecule has 3 unspecified atom stereocenters. The third-order valence-electron chi connectivity index (χ3n) is 8.02. The Labute approximate surface area is 238 Å². The van der Waals surface area contributed by atoms with Crippen LogP contribution in [0.2, 0.25) is 0 Å². The fraction of sp³-hybridized carbons (Fsp3) is 0.593. The van der Waals surface area contributed by atoms with Gasteiger partial charge in [-0.3, -0.25) is 0 Å². The molecule has 2 aliphatic rings. The molecule has 2 saturated carbocycles. The Balaban J connectivity index is 1.57. The molecule has 2 aliphatic carbocycles. The molecule has 2 fully saturated rings. The summed E-state index contributed by atoms with van der Waals surface area (Å²) >= 11 is 0.882. The first kappa shape index (κ1) is 29.3. The summed E-state index contributed by atoms with van der Waals surface area (Å²) in [6.45, 7) is 8.30. The lowest BCUT2D eigenvalue weighted by Crippen LogP contribution is -2.50. The van der Waals surface area contributed by atoms with Gasteiger partial charge in [0.05, 0.1) is 33.6 Å². The minimum atomic E-state index is -4.45. The zero-order valence-electron chi connectivity index (χ0n) is 23.3. The quantitative estimate of drug-likeness (QED) is 0.279. The molecule has 0 radical (unpaired) electrons. The van der Waals surface area contributed by atoms with Gasteiger partial charge < -0.3 is 20.8 Å². The van der Waals surface area contributed by atoms with Gasteiger partial charge in [-0.1, -0.05) is 12.1 Å². The second-order valence-electron chi connectivity index (χ2n) is 11.9. The van der Waals surface area contributed by atoms with Gasteiger partial charge in [0.25, 0.3) is 0 Å². The third kappa shape index (κ3) is 5.38. The smallest absolute Gasteiger partial charge is 0.392 e. The van der Waals surface area contributed by atoms with Crippen LogP contribution in [0.1, 0.15) is 46.2 Å². The van der Waals surface area contributed by atoms with Crippen molar-refractivity contribution in [3.8, 4) is 10.6 Å². The van der Waals surface area contributed by atoms with Gasteiger partial charge in [-0.2, -0.15) is 22.3 Å². The first-order valence-electron chi connectivity index (χ1n) is 13.1. The number of nitrogens with zero attached hydrogens (tertiary/aromatic N) is 3. The molecule has 1 spiro atoms. The minimum absolute atomic E-state index is 0.171. The number of fused-ring (bicyclic) bond motifs is 1. The van der Waals surface area contributed by atoms with Crippen molar-refractivity contribution in [3.63, 3.8) is 0 Å². The van der Waals surface area contributed by atoms with Crippen LogP contribution < -0.4 is 10.6 Å². The Hall–Kier alpha value is -2.19. The number of thiazole rings is 1. The molecule has 4 N–H and O–H groups in total. The molecule has 0 bridgehead atoms. The van der Waals surface area contributed by atoms with E-state index in [4.69, 9.17) is 9.17 Å². The largest absolute Gasteiger partial charge is 0.405 e. The second-order valence-corrected chi connectivity index (χ2v) is 15.2. The summed E-state index contributed by atoms with van der Waals surface area (Å²) in [5.74, 6) is 0.125. The van der Waals surface area contributed by atoms with Crippen LogP contribution in [0.3, 0.4) is 0 Å². The molecule has 2 aromatic heterocycles. The molecular weight excluding hydrogens is 563 g/mol. The molecule has 6 atom stereocenters. The van der Waals surface area contributed by atoms with Crippen molar-refractivity contribution < 1.29 is 27.6 Å². The molecule has 40 heavy (non-hydrogen) atoms. The molecule has 0 amide bonds. The monoisotopic (exact) mass is 598 g/mol. The zero-order chi connectivity index (χ0) is 29.3. The van der Waals surface area contributed by atoms with Crippen molar-refractivity contribution in [2.75, 3.05) is 23.4 Å². The number of aromatic nitrogens is 3. The van der Waals surface area contributed by atoms with E-state index < -0.39 is 53.2 Å². The van der Waals surface area contributed by atoms with Crippen LogP contribution in [0, 0.1) is 12.3 Å². The highest BCUT2D eigenvalue weighted by Crippen LogP contribution is 2.64. The average Bonchev–Trinajstić information content (AvgIpc) is 3.23. The Morgan fingerprint density at radius 1 is 1.15 bits per heavy atom. The van der Waals surface area contributed by atoms with Crippen molar-refractivity contribution >= 4 is 44.5 Å². The van der Waals surface area contributed by atoms with E-state index in [1.807, 2.05) is 30.5 Å². The summed E-state index contributed by atoms with van der Waals surface area (Å²) in [7, 11) is 0. The predicted molar refractivity (Wildman–Crippen MR) is 154 cm³/mol. The van der Waals surface area contributed by atoms with Crippen LogP contribution in [0.25, 0.3) is 20.8 Å². The van der Waals surface area contributed by atoms with Crippen LogP contribution in [-0.2, 0) is 15.4 Å². The number of hydrogen-bond donors (Lipinski definition) is 4. The first-order valence-corrected chi connectivity index (χ1v) is 15.4. The van der Waals surface area contributed by atoms with E-state index in [0.29, 0.717) is 34.9 Å². The van der Waals surface area contributed by atoms with Gasteiger partial charge in [0.2, 0.25) is 5.95 Å². The summed E-state index contributed by atoms with van der Waals surface area (Å²) in [5.41, 5.74) is -0.272. The van der Waals surface area contributed by atoms with Gasteiger partial charge in [-0.15, -0.1) is 11.3 Å². The maximum atomic E-state index is 13.0. The molecule has 3 aromatic rings. The van der Waals surface area contributed by atoms with Gasteiger partial charge in [0.15, 0.2) is 10.9 Å². The zero-order valence-corrected chi connectivity index (χ0v) is 24.9. The summed E-state index contributed by atoms with van der Waals surface area (Å²) in [6, 6.07) is 7.16. The number of nitrogens with one attached hydrogen (secondary N) is 2. The number of rotatable bonds is 7. The number of alkyl halides is 3. The average molecular weight is 599 g/mol. The highest BCUT2D eigenvalue weighted by atomic mass is 32.2. The highest BCUT2D eigenvalue weighted by Gasteiger charge is 2.74. The van der Waals surface area contributed by atoms with Crippen molar-refractivity contribution in [1.82, 2.24) is 15.0 Å². The maximum absolute atomic E-state index is 13.0. The van der Waals surface area contributed by atoms with Gasteiger partial charge in [0.1, 0.15) is 40.4 Å². The fourth-order valence-electron chi connectivity index (χ4n) is 5.36. The maximum Gasteiger partial charge on any atom is 0.405 e. The fourth-order valence-corrected chi connectivity index (χ4v) is 7.35. The van der Waals surface area contributed by atoms with Crippen molar-refractivity contribution in [1.29, 1.82) is 0 Å². The Morgan fingerprint density at radius 2 is 1.82 bits per heavy atom. The summed E-state index contributed by atoms with van der Waals surface area (Å²) in [5, 5.41) is 28.7. The summed E-state index contributed by atoms with van der Waals surface area (Å²) in [6.07, 6.45) is -3.01. The number of para-hydroxylation sites is 1. The first-order chi connectivity index (χ1) is 18.5. The molecule has 218 valence electrons. The number of anilines is 2. The molecule has 8 nitrogen and oxygen atoms in total. The normalized spacial score (nSPS) is 29.2. The number of benzene rings is 1. The minimum Gasteiger partial charge on any atom is -0.392 e. The topological polar surface area (TPSA) is 112 Å². The molecule has 0 aliphatic heterocycles. The molecular formula is C27H35F3N5O3S2+. The number of hydrogen-bond acceptors (Lipinski definition) is 9. The number of aliphatic hydroxyl groups excluding tert-OH is 1. The van der Waals surface area contributed by atoms with Crippen molar-refractivity contribution in [2.24, 2.45) is 5.41 Å². The SMILES string of the molecule is Cc1nc(NCC(F)(F)F)nc(N[C@@H]2CC3(CC3O)[C@@](C)(O)[C@H]2O[S+](C)C(C)(C)C)c1-c1nc2ccccc2s1. The standard InChI is InChI=1S/C27H35F3N5O3S2/c1-14-19(22-34-15-9-7-8-10-17(15)39-22)21(35-23(32-14)31-13-27(28,29)30)33-16-11-26(12-18(26)36)25(5,37)20(16)38-40(6)24(2,3)4/h7-10,16,18,20,36-37H,11-13H2,1-6H3,(H2,31,32,33,35)/q+1/t16-,18?,20+,25+,26?,40?/m1/s1. The van der Waals surface area contributed by atoms with E-state index in [1.165, 1.54) is 11.3 Å². The van der Waals surface area contributed by atoms with Crippen LogP contribution in [0.4, 0.5) is 24.9 Å². The van der Waals surface area contributed by atoms with Gasteiger partial charge in [-0.25, -0.2) is 9.97 Å². The lowest BCUT2D eigenvalue weighted by Gasteiger charge is -2.32. The Morgan fingerprint density at radius 3 is 2.42 bits per heavy atom. The third-order valence-corrected chi connectivity index (χ3v) is 11.3. The van der Waals surface area contributed by atoms with Crippen molar-refractivity contribution in [2.45, 2.75) is 82.2 Å². The summed E-state index contributed by atoms with van der Waals surface area (Å²) in [4.78, 5) is 13.6. The number of aryl methyl sites for hydroxylation is 1. The van der Waals surface area contributed by atoms with Crippen LogP contribution in [0.15, 0.2) is 24.3 Å². The molecule has 5 rings (SSSR count). The van der Waals surface area contributed by atoms with Gasteiger partial charge >= 0.3 is 6.18 Å².